The van der Waals surface area contributed by atoms with Crippen LogP contribution in [0.5, 0.6) is 5.75 Å². The highest BCUT2D eigenvalue weighted by Crippen LogP contribution is 2.22. The molecular weight excluding hydrogens is 358 g/mol. The molecule has 0 unspecified atom stereocenters. The Hall–Kier alpha value is -3.10. The Morgan fingerprint density at radius 3 is 2.46 bits per heavy atom. The fourth-order valence-corrected chi connectivity index (χ4v) is 1.94. The van der Waals surface area contributed by atoms with Gasteiger partial charge in [0.1, 0.15) is 22.9 Å². The van der Waals surface area contributed by atoms with E-state index in [9.17, 15) is 27.2 Å². The van der Waals surface area contributed by atoms with Crippen LogP contribution in [0.1, 0.15) is 17.3 Å². The molecule has 0 aliphatic rings. The van der Waals surface area contributed by atoms with Crippen LogP contribution in [-0.4, -0.2) is 24.6 Å². The van der Waals surface area contributed by atoms with Crippen LogP contribution in [0.4, 0.5) is 23.2 Å². The SMILES string of the molecule is C[C@@H](OC(=O)c1ccccc1OC(F)F)C(=O)Nc1cc(F)ccc1F. The number of rotatable bonds is 6. The zero-order valence-electron chi connectivity index (χ0n) is 13.3. The smallest absolute Gasteiger partial charge is 0.387 e. The Morgan fingerprint density at radius 2 is 1.77 bits per heavy atom. The Kier molecular flexibility index (Phi) is 6.16. The Balaban J connectivity index is 2.07. The van der Waals surface area contributed by atoms with Gasteiger partial charge in [-0.1, -0.05) is 12.1 Å². The van der Waals surface area contributed by atoms with Gasteiger partial charge in [-0.3, -0.25) is 4.79 Å². The van der Waals surface area contributed by atoms with Gasteiger partial charge in [0.15, 0.2) is 6.10 Å². The molecule has 0 aliphatic carbocycles. The number of carbonyl (C=O) groups excluding carboxylic acids is 2. The van der Waals surface area contributed by atoms with E-state index in [1.807, 2.05) is 0 Å². The first-order valence-corrected chi connectivity index (χ1v) is 7.28. The Morgan fingerprint density at radius 1 is 1.08 bits per heavy atom. The van der Waals surface area contributed by atoms with Crippen LogP contribution in [0, 0.1) is 11.6 Å². The Labute approximate surface area is 145 Å². The van der Waals surface area contributed by atoms with Crippen molar-refractivity contribution in [3.05, 3.63) is 59.7 Å². The lowest BCUT2D eigenvalue weighted by Crippen LogP contribution is -2.30. The maximum atomic E-state index is 13.5. The van der Waals surface area contributed by atoms with Crippen molar-refractivity contribution in [3.8, 4) is 5.75 Å². The van der Waals surface area contributed by atoms with Gasteiger partial charge in [-0.15, -0.1) is 0 Å². The first-order valence-electron chi connectivity index (χ1n) is 7.28. The number of benzene rings is 2. The minimum atomic E-state index is -3.15. The first-order chi connectivity index (χ1) is 12.3. The van der Waals surface area contributed by atoms with Crippen LogP contribution in [0.15, 0.2) is 42.5 Å². The molecule has 1 atom stereocenters. The van der Waals surface area contributed by atoms with E-state index in [-0.39, 0.29) is 5.56 Å². The third kappa shape index (κ3) is 4.95. The van der Waals surface area contributed by atoms with Crippen molar-refractivity contribution in [1.82, 2.24) is 0 Å². The van der Waals surface area contributed by atoms with Crippen molar-refractivity contribution < 1.29 is 36.6 Å². The highest BCUT2D eigenvalue weighted by Gasteiger charge is 2.23. The summed E-state index contributed by atoms with van der Waals surface area (Å²) in [5.74, 6) is -4.10. The second-order valence-electron chi connectivity index (χ2n) is 5.04. The van der Waals surface area contributed by atoms with E-state index in [0.29, 0.717) is 0 Å². The van der Waals surface area contributed by atoms with Crippen LogP contribution < -0.4 is 10.1 Å². The van der Waals surface area contributed by atoms with Gasteiger partial charge >= 0.3 is 12.6 Å². The number of anilines is 1. The highest BCUT2D eigenvalue weighted by molar-refractivity contribution is 5.98. The van der Waals surface area contributed by atoms with Gasteiger partial charge in [0.25, 0.3) is 5.91 Å². The lowest BCUT2D eigenvalue weighted by atomic mass is 10.2. The molecule has 0 aliphatic heterocycles. The van der Waals surface area contributed by atoms with Gasteiger partial charge < -0.3 is 14.8 Å². The van der Waals surface area contributed by atoms with Crippen molar-refractivity contribution in [2.75, 3.05) is 5.32 Å². The fourth-order valence-electron chi connectivity index (χ4n) is 1.94. The van der Waals surface area contributed by atoms with E-state index in [0.717, 1.165) is 24.3 Å². The number of ether oxygens (including phenoxy) is 2. The maximum Gasteiger partial charge on any atom is 0.387 e. The average molecular weight is 371 g/mol. The summed E-state index contributed by atoms with van der Waals surface area (Å²) < 4.78 is 60.4. The summed E-state index contributed by atoms with van der Waals surface area (Å²) in [5, 5.41) is 2.07. The molecule has 2 aromatic carbocycles. The molecule has 0 saturated carbocycles. The fraction of sp³-hybridized carbons (Fsp3) is 0.176. The monoisotopic (exact) mass is 371 g/mol. The number of hydrogen-bond donors (Lipinski definition) is 1. The lowest BCUT2D eigenvalue weighted by Gasteiger charge is -2.15. The zero-order chi connectivity index (χ0) is 19.3. The minimum Gasteiger partial charge on any atom is -0.449 e. The molecule has 1 N–H and O–H groups in total. The molecule has 2 rings (SSSR count). The summed E-state index contributed by atoms with van der Waals surface area (Å²) in [6.07, 6.45) is -1.41. The van der Waals surface area contributed by atoms with Crippen LogP contribution in [0.2, 0.25) is 0 Å². The predicted octanol–water partition coefficient (Wildman–Crippen LogP) is 3.75. The zero-order valence-corrected chi connectivity index (χ0v) is 13.3. The Bertz CT molecular complexity index is 813. The van der Waals surface area contributed by atoms with Crippen LogP contribution >= 0.6 is 0 Å². The number of nitrogens with one attached hydrogen (secondary N) is 1. The molecule has 5 nitrogen and oxygen atoms in total. The second-order valence-corrected chi connectivity index (χ2v) is 5.04. The average Bonchev–Trinajstić information content (AvgIpc) is 2.57. The molecule has 9 heteroatoms. The van der Waals surface area contributed by atoms with Gasteiger partial charge in [-0.05, 0) is 31.2 Å². The first kappa shape index (κ1) is 19.2. The van der Waals surface area contributed by atoms with Crippen molar-refractivity contribution in [2.24, 2.45) is 0 Å². The summed E-state index contributed by atoms with van der Waals surface area (Å²) >= 11 is 0. The van der Waals surface area contributed by atoms with Crippen molar-refractivity contribution in [1.29, 1.82) is 0 Å². The summed E-state index contributed by atoms with van der Waals surface area (Å²) in [4.78, 5) is 24.1. The number of para-hydroxylation sites is 1. The van der Waals surface area contributed by atoms with Crippen LogP contribution in [-0.2, 0) is 9.53 Å². The van der Waals surface area contributed by atoms with Crippen LogP contribution in [0.25, 0.3) is 0 Å². The molecule has 0 radical (unpaired) electrons. The molecule has 138 valence electrons. The van der Waals surface area contributed by atoms with E-state index in [4.69, 9.17) is 4.74 Å². The van der Waals surface area contributed by atoms with E-state index >= 15 is 0 Å². The molecule has 0 spiro atoms. The summed E-state index contributed by atoms with van der Waals surface area (Å²) in [6.45, 7) is -1.97. The molecular formula is C17H13F4NO4. The third-order valence-electron chi connectivity index (χ3n) is 3.16. The number of esters is 1. The van der Waals surface area contributed by atoms with E-state index in [2.05, 4.69) is 10.1 Å². The normalized spacial score (nSPS) is 11.8. The van der Waals surface area contributed by atoms with Crippen LogP contribution in [0.3, 0.4) is 0 Å². The van der Waals surface area contributed by atoms with Gasteiger partial charge in [0, 0.05) is 6.07 Å². The quantitative estimate of drug-likeness (QED) is 0.621. The summed E-state index contributed by atoms with van der Waals surface area (Å²) in [6, 6.07) is 7.52. The number of alkyl halides is 2. The largest absolute Gasteiger partial charge is 0.449 e. The number of carbonyl (C=O) groups is 2. The van der Waals surface area contributed by atoms with E-state index in [1.54, 1.807) is 0 Å². The van der Waals surface area contributed by atoms with Gasteiger partial charge in [0.05, 0.1) is 5.69 Å². The third-order valence-corrected chi connectivity index (χ3v) is 3.16. The maximum absolute atomic E-state index is 13.5. The topological polar surface area (TPSA) is 64.6 Å². The minimum absolute atomic E-state index is 0.315. The van der Waals surface area contributed by atoms with Gasteiger partial charge in [-0.2, -0.15) is 8.78 Å². The van der Waals surface area contributed by atoms with E-state index in [1.165, 1.54) is 25.1 Å². The second kappa shape index (κ2) is 8.32. The van der Waals surface area contributed by atoms with E-state index < -0.39 is 47.7 Å². The molecule has 0 aromatic heterocycles. The molecule has 26 heavy (non-hydrogen) atoms. The summed E-state index contributed by atoms with van der Waals surface area (Å²) in [5.41, 5.74) is -0.747. The molecule has 0 heterocycles. The lowest BCUT2D eigenvalue weighted by molar-refractivity contribution is -0.123. The molecule has 1 amide bonds. The van der Waals surface area contributed by atoms with Gasteiger partial charge in [0.2, 0.25) is 0 Å². The molecule has 0 bridgehead atoms. The number of hydrogen-bond acceptors (Lipinski definition) is 4. The standard InChI is InChI=1S/C17H13F4NO4/c1-9(15(23)22-13-8-10(18)6-7-12(13)19)25-16(24)11-4-2-3-5-14(11)26-17(20)21/h2-9,17H,1H3,(H,22,23)/t9-/m1/s1. The number of halogens is 4. The van der Waals surface area contributed by atoms with Gasteiger partial charge in [-0.25, -0.2) is 13.6 Å². The van der Waals surface area contributed by atoms with Crippen molar-refractivity contribution in [3.63, 3.8) is 0 Å². The highest BCUT2D eigenvalue weighted by atomic mass is 19.3. The van der Waals surface area contributed by atoms with Crippen molar-refractivity contribution in [2.45, 2.75) is 19.6 Å². The number of amides is 1. The van der Waals surface area contributed by atoms with Crippen molar-refractivity contribution >= 4 is 17.6 Å². The predicted molar refractivity (Wildman–Crippen MR) is 82.9 cm³/mol. The molecule has 0 saturated heterocycles. The summed E-state index contributed by atoms with van der Waals surface area (Å²) in [7, 11) is 0. The molecule has 0 fully saturated rings. The molecule has 2 aromatic rings.